The maximum Gasteiger partial charge on any atom is 0.330 e. The number of ether oxygens (including phenoxy) is 1. The van der Waals surface area contributed by atoms with Crippen molar-refractivity contribution < 1.29 is 19.4 Å². The molecule has 0 aromatic heterocycles. The van der Waals surface area contributed by atoms with Crippen molar-refractivity contribution in [2.75, 3.05) is 20.2 Å². The molecule has 0 spiro atoms. The lowest BCUT2D eigenvalue weighted by Gasteiger charge is -2.30. The molecule has 0 aliphatic carbocycles. The number of carboxylic acid groups (broad SMARTS) is 1. The van der Waals surface area contributed by atoms with Gasteiger partial charge in [0, 0.05) is 19.2 Å². The fourth-order valence-corrected chi connectivity index (χ4v) is 1.35. The van der Waals surface area contributed by atoms with Crippen LogP contribution in [0.4, 0.5) is 4.79 Å². The van der Waals surface area contributed by atoms with Gasteiger partial charge in [-0.3, -0.25) is 0 Å². The number of carbonyl (C=O) groups excluding carboxylic acids is 2. The quantitative estimate of drug-likeness (QED) is 0.421. The molecule has 1 fully saturated rings. The van der Waals surface area contributed by atoms with Gasteiger partial charge in [0.15, 0.2) is 0 Å². The summed E-state index contributed by atoms with van der Waals surface area (Å²) >= 11 is 0. The summed E-state index contributed by atoms with van der Waals surface area (Å²) in [5.41, 5.74) is 0.925. The van der Waals surface area contributed by atoms with Gasteiger partial charge in [-0.25, -0.2) is 4.79 Å². The summed E-state index contributed by atoms with van der Waals surface area (Å²) in [6, 6.07) is 0. The molecular formula is C9H12NO4-. The SMILES string of the molecule is COC(=O)C=C1CCN(C(=O)[O-])CC1. The average Bonchev–Trinajstić information content (AvgIpc) is 2.18. The van der Waals surface area contributed by atoms with Gasteiger partial charge in [0.25, 0.3) is 0 Å². The number of amides is 1. The van der Waals surface area contributed by atoms with E-state index in [1.54, 1.807) is 0 Å². The van der Waals surface area contributed by atoms with Crippen LogP contribution in [0.25, 0.3) is 0 Å². The summed E-state index contributed by atoms with van der Waals surface area (Å²) in [7, 11) is 1.32. The molecule has 0 bridgehead atoms. The molecule has 14 heavy (non-hydrogen) atoms. The molecule has 0 aromatic rings. The molecule has 0 aromatic carbocycles. The van der Waals surface area contributed by atoms with Crippen LogP contribution < -0.4 is 5.11 Å². The third-order valence-electron chi connectivity index (χ3n) is 2.19. The average molecular weight is 198 g/mol. The molecule has 78 valence electrons. The van der Waals surface area contributed by atoms with Crippen LogP contribution in [0.15, 0.2) is 11.6 Å². The Hall–Kier alpha value is -1.52. The second-order valence-corrected chi connectivity index (χ2v) is 3.08. The minimum atomic E-state index is -1.15. The van der Waals surface area contributed by atoms with Crippen LogP contribution in [0.3, 0.4) is 0 Å². The zero-order valence-corrected chi connectivity index (χ0v) is 7.99. The monoisotopic (exact) mass is 198 g/mol. The first-order valence-corrected chi connectivity index (χ1v) is 4.37. The van der Waals surface area contributed by atoms with Crippen molar-refractivity contribution in [1.82, 2.24) is 4.90 Å². The number of piperidine rings is 1. The van der Waals surface area contributed by atoms with Gasteiger partial charge >= 0.3 is 5.97 Å². The Balaban J connectivity index is 2.46. The lowest BCUT2D eigenvalue weighted by molar-refractivity contribution is -0.265. The van der Waals surface area contributed by atoms with Crippen LogP contribution in [-0.4, -0.2) is 37.2 Å². The Kier molecular flexibility index (Phi) is 3.50. The highest BCUT2D eigenvalue weighted by molar-refractivity contribution is 5.82. The number of hydrogen-bond donors (Lipinski definition) is 0. The van der Waals surface area contributed by atoms with Crippen LogP contribution in [-0.2, 0) is 9.53 Å². The minimum Gasteiger partial charge on any atom is -0.530 e. The fourth-order valence-electron chi connectivity index (χ4n) is 1.35. The van der Waals surface area contributed by atoms with Crippen molar-refractivity contribution in [2.24, 2.45) is 0 Å². The molecule has 0 radical (unpaired) electrons. The van der Waals surface area contributed by atoms with Gasteiger partial charge in [-0.1, -0.05) is 5.57 Å². The van der Waals surface area contributed by atoms with Crippen LogP contribution in [0.2, 0.25) is 0 Å². The maximum absolute atomic E-state index is 10.9. The standard InChI is InChI=1S/C9H13NO4/c1-14-8(11)6-7-2-4-10(5-3-7)9(12)13/h6H,2-5H2,1H3,(H,12,13)/p-1. The molecule has 5 nitrogen and oxygen atoms in total. The Morgan fingerprint density at radius 2 is 2.00 bits per heavy atom. The van der Waals surface area contributed by atoms with Crippen LogP contribution in [0.5, 0.6) is 0 Å². The van der Waals surface area contributed by atoms with Crippen molar-refractivity contribution in [3.8, 4) is 0 Å². The molecular weight excluding hydrogens is 186 g/mol. The number of hydrogen-bond acceptors (Lipinski definition) is 4. The zero-order chi connectivity index (χ0) is 10.6. The van der Waals surface area contributed by atoms with Crippen molar-refractivity contribution in [2.45, 2.75) is 12.8 Å². The first-order chi connectivity index (χ1) is 6.63. The lowest BCUT2D eigenvalue weighted by atomic mass is 10.0. The number of methoxy groups -OCH3 is 1. The van der Waals surface area contributed by atoms with E-state index in [4.69, 9.17) is 0 Å². The third kappa shape index (κ3) is 2.76. The maximum atomic E-state index is 10.9. The molecule has 1 heterocycles. The third-order valence-corrected chi connectivity index (χ3v) is 2.19. The fraction of sp³-hybridized carbons (Fsp3) is 0.556. The summed E-state index contributed by atoms with van der Waals surface area (Å²) < 4.78 is 4.47. The van der Waals surface area contributed by atoms with Crippen molar-refractivity contribution in [1.29, 1.82) is 0 Å². The summed E-state index contributed by atoms with van der Waals surface area (Å²) in [6.45, 7) is 0.788. The van der Waals surface area contributed by atoms with Gasteiger partial charge in [-0.05, 0) is 12.8 Å². The summed E-state index contributed by atoms with van der Waals surface area (Å²) in [6.07, 6.45) is 1.42. The van der Waals surface area contributed by atoms with E-state index in [9.17, 15) is 14.7 Å². The number of carbonyl (C=O) groups is 2. The van der Waals surface area contributed by atoms with Gasteiger partial charge in [-0.2, -0.15) is 0 Å². The van der Waals surface area contributed by atoms with Gasteiger partial charge < -0.3 is 19.5 Å². The Bertz CT molecular complexity index is 262. The Labute approximate surface area is 82.0 Å². The molecule has 0 N–H and O–H groups in total. The topological polar surface area (TPSA) is 69.7 Å². The highest BCUT2D eigenvalue weighted by Gasteiger charge is 2.14. The molecule has 1 saturated heterocycles. The first-order valence-electron chi connectivity index (χ1n) is 4.37. The van der Waals surface area contributed by atoms with E-state index in [-0.39, 0.29) is 5.97 Å². The highest BCUT2D eigenvalue weighted by atomic mass is 16.5. The van der Waals surface area contributed by atoms with E-state index >= 15 is 0 Å². The largest absolute Gasteiger partial charge is 0.530 e. The number of esters is 1. The van der Waals surface area contributed by atoms with E-state index in [1.807, 2.05) is 0 Å². The second kappa shape index (κ2) is 4.64. The second-order valence-electron chi connectivity index (χ2n) is 3.08. The summed E-state index contributed by atoms with van der Waals surface area (Å²) in [4.78, 5) is 22.5. The van der Waals surface area contributed by atoms with Crippen molar-refractivity contribution in [3.63, 3.8) is 0 Å². The van der Waals surface area contributed by atoms with Gasteiger partial charge in [-0.15, -0.1) is 0 Å². The van der Waals surface area contributed by atoms with Crippen LogP contribution in [0.1, 0.15) is 12.8 Å². The van der Waals surface area contributed by atoms with Crippen molar-refractivity contribution in [3.05, 3.63) is 11.6 Å². The predicted molar refractivity (Wildman–Crippen MR) is 46.3 cm³/mol. The van der Waals surface area contributed by atoms with Crippen molar-refractivity contribution >= 4 is 12.1 Å². The summed E-state index contributed by atoms with van der Waals surface area (Å²) in [5, 5.41) is 10.4. The van der Waals surface area contributed by atoms with Gasteiger partial charge in [0.2, 0.25) is 0 Å². The van der Waals surface area contributed by atoms with Crippen LogP contribution in [0, 0.1) is 0 Å². The Morgan fingerprint density at radius 3 is 2.43 bits per heavy atom. The summed E-state index contributed by atoms with van der Waals surface area (Å²) in [5.74, 6) is -0.387. The first kappa shape index (κ1) is 10.6. The predicted octanol–water partition coefficient (Wildman–Crippen LogP) is -0.475. The number of nitrogens with zero attached hydrogens (tertiary/aromatic N) is 1. The van der Waals surface area contributed by atoms with E-state index in [2.05, 4.69) is 4.74 Å². The molecule has 0 saturated carbocycles. The minimum absolute atomic E-state index is 0.387. The van der Waals surface area contributed by atoms with E-state index in [0.717, 1.165) is 5.57 Å². The van der Waals surface area contributed by atoms with Crippen LogP contribution >= 0.6 is 0 Å². The van der Waals surface area contributed by atoms with E-state index < -0.39 is 6.09 Å². The normalized spacial score (nSPS) is 16.4. The molecule has 5 heteroatoms. The Morgan fingerprint density at radius 1 is 1.43 bits per heavy atom. The van der Waals surface area contributed by atoms with E-state index in [0.29, 0.717) is 25.9 Å². The molecule has 1 rings (SSSR count). The number of rotatable bonds is 1. The molecule has 0 unspecified atom stereocenters. The molecule has 0 atom stereocenters. The zero-order valence-electron chi connectivity index (χ0n) is 7.99. The number of likely N-dealkylation sites (tertiary alicyclic amines) is 1. The molecule has 1 aliphatic heterocycles. The van der Waals surface area contributed by atoms with Gasteiger partial charge in [0.1, 0.15) is 6.09 Å². The smallest absolute Gasteiger partial charge is 0.330 e. The van der Waals surface area contributed by atoms with Gasteiger partial charge in [0.05, 0.1) is 7.11 Å². The lowest BCUT2D eigenvalue weighted by Crippen LogP contribution is -2.44. The van der Waals surface area contributed by atoms with E-state index in [1.165, 1.54) is 18.1 Å². The highest BCUT2D eigenvalue weighted by Crippen LogP contribution is 2.15. The molecule has 1 amide bonds. The molecule has 1 aliphatic rings.